The van der Waals surface area contributed by atoms with Gasteiger partial charge < -0.3 is 14.5 Å². The molecule has 2 aromatic rings. The van der Waals surface area contributed by atoms with Gasteiger partial charge in [0.1, 0.15) is 12.0 Å². The second kappa shape index (κ2) is 7.70. The van der Waals surface area contributed by atoms with E-state index in [4.69, 9.17) is 9.15 Å². The van der Waals surface area contributed by atoms with Crippen molar-refractivity contribution in [3.63, 3.8) is 0 Å². The van der Waals surface area contributed by atoms with Gasteiger partial charge in [0.2, 0.25) is 0 Å². The monoisotopic (exact) mass is 274 g/mol. The molecule has 1 N–H and O–H groups in total. The summed E-state index contributed by atoms with van der Waals surface area (Å²) in [5, 5.41) is 3.19. The van der Waals surface area contributed by atoms with Gasteiger partial charge in [-0.15, -0.1) is 0 Å². The normalized spacial score (nSPS) is 10.7. The molecule has 4 heteroatoms. The third kappa shape index (κ3) is 4.38. The molecule has 1 aromatic heterocycles. The summed E-state index contributed by atoms with van der Waals surface area (Å²) in [6.07, 6.45) is 5.45. The Morgan fingerprint density at radius 2 is 2.00 bits per heavy atom. The van der Waals surface area contributed by atoms with Crippen molar-refractivity contribution in [1.82, 2.24) is 10.3 Å². The van der Waals surface area contributed by atoms with Crippen LogP contribution < -0.4 is 10.1 Å². The van der Waals surface area contributed by atoms with Gasteiger partial charge in [0.25, 0.3) is 0 Å². The fourth-order valence-corrected chi connectivity index (χ4v) is 1.88. The first-order chi connectivity index (χ1) is 9.81. The predicted octanol–water partition coefficient (Wildman–Crippen LogP) is 3.92. The van der Waals surface area contributed by atoms with Crippen LogP contribution in [-0.4, -0.2) is 11.5 Å². The summed E-state index contributed by atoms with van der Waals surface area (Å²) in [6, 6.07) is 8.10. The molecule has 0 aliphatic carbocycles. The van der Waals surface area contributed by atoms with Gasteiger partial charge in [0.05, 0.1) is 5.69 Å². The molecular weight excluding hydrogens is 252 g/mol. The number of hydrogen-bond acceptors (Lipinski definition) is 4. The first-order valence-electron chi connectivity index (χ1n) is 7.23. The maximum atomic E-state index is 5.59. The number of unbranched alkanes of at least 4 members (excludes halogenated alkanes) is 1. The highest BCUT2D eigenvalue weighted by Gasteiger charge is 2.06. The number of ether oxygens (including phenoxy) is 1. The van der Waals surface area contributed by atoms with Crippen LogP contribution in [0.5, 0.6) is 11.8 Å². The van der Waals surface area contributed by atoms with Gasteiger partial charge in [-0.05, 0) is 37.1 Å². The molecule has 1 heterocycles. The topological polar surface area (TPSA) is 47.3 Å². The molecule has 0 saturated carbocycles. The van der Waals surface area contributed by atoms with Crippen LogP contribution in [0.15, 0.2) is 34.9 Å². The zero-order valence-electron chi connectivity index (χ0n) is 12.2. The van der Waals surface area contributed by atoms with Crippen molar-refractivity contribution in [3.05, 3.63) is 41.8 Å². The van der Waals surface area contributed by atoms with Gasteiger partial charge in [-0.3, -0.25) is 0 Å². The maximum Gasteiger partial charge on any atom is 0.399 e. The summed E-state index contributed by atoms with van der Waals surface area (Å²) in [4.78, 5) is 4.26. The molecule has 0 atom stereocenters. The number of aryl methyl sites for hydroxylation is 1. The van der Waals surface area contributed by atoms with Gasteiger partial charge in [-0.25, -0.2) is 0 Å². The number of oxazole rings is 1. The van der Waals surface area contributed by atoms with E-state index < -0.39 is 0 Å². The number of benzene rings is 1. The Kier molecular flexibility index (Phi) is 5.62. The smallest absolute Gasteiger partial charge is 0.399 e. The van der Waals surface area contributed by atoms with E-state index in [-0.39, 0.29) is 0 Å². The van der Waals surface area contributed by atoms with Crippen molar-refractivity contribution >= 4 is 0 Å². The molecule has 0 aliphatic heterocycles. The van der Waals surface area contributed by atoms with E-state index in [2.05, 4.69) is 36.3 Å². The first kappa shape index (κ1) is 14.6. The Labute approximate surface area is 120 Å². The summed E-state index contributed by atoms with van der Waals surface area (Å²) >= 11 is 0. The van der Waals surface area contributed by atoms with Crippen molar-refractivity contribution in [2.45, 2.75) is 39.7 Å². The highest BCUT2D eigenvalue weighted by molar-refractivity contribution is 5.29. The van der Waals surface area contributed by atoms with E-state index in [1.807, 2.05) is 12.1 Å². The fourth-order valence-electron chi connectivity index (χ4n) is 1.88. The van der Waals surface area contributed by atoms with Gasteiger partial charge in [0.15, 0.2) is 0 Å². The Bertz CT molecular complexity index is 505. The van der Waals surface area contributed by atoms with E-state index >= 15 is 0 Å². The van der Waals surface area contributed by atoms with Crippen molar-refractivity contribution in [3.8, 4) is 11.8 Å². The molecule has 0 spiro atoms. The van der Waals surface area contributed by atoms with Crippen LogP contribution in [-0.2, 0) is 13.0 Å². The largest absolute Gasteiger partial charge is 0.417 e. The maximum absolute atomic E-state index is 5.59. The number of nitrogens with one attached hydrogen (secondary N) is 1. The summed E-state index contributed by atoms with van der Waals surface area (Å²) in [5.41, 5.74) is 2.18. The lowest BCUT2D eigenvalue weighted by atomic mass is 10.1. The van der Waals surface area contributed by atoms with Crippen LogP contribution in [0.2, 0.25) is 0 Å². The van der Waals surface area contributed by atoms with Crippen molar-refractivity contribution in [1.29, 1.82) is 0 Å². The van der Waals surface area contributed by atoms with Gasteiger partial charge >= 0.3 is 6.08 Å². The van der Waals surface area contributed by atoms with E-state index in [9.17, 15) is 0 Å². The lowest BCUT2D eigenvalue weighted by Gasteiger charge is -2.03. The average Bonchev–Trinajstić information content (AvgIpc) is 2.92. The zero-order valence-corrected chi connectivity index (χ0v) is 12.2. The Balaban J connectivity index is 1.90. The molecule has 1 aromatic carbocycles. The minimum Gasteiger partial charge on any atom is -0.417 e. The summed E-state index contributed by atoms with van der Waals surface area (Å²) < 4.78 is 10.9. The summed E-state index contributed by atoms with van der Waals surface area (Å²) in [7, 11) is 0. The van der Waals surface area contributed by atoms with Crippen LogP contribution in [0.3, 0.4) is 0 Å². The van der Waals surface area contributed by atoms with E-state index in [0.717, 1.165) is 24.4 Å². The van der Waals surface area contributed by atoms with Gasteiger partial charge in [-0.1, -0.05) is 32.4 Å². The molecule has 0 bridgehead atoms. The summed E-state index contributed by atoms with van der Waals surface area (Å²) in [5.74, 6) is 0.752. The van der Waals surface area contributed by atoms with Crippen LogP contribution in [0, 0.1) is 0 Å². The Morgan fingerprint density at radius 3 is 2.70 bits per heavy atom. The SMILES string of the molecule is CCCCc1ccc(Oc2nc(CNCC)co2)cc1. The second-order valence-corrected chi connectivity index (χ2v) is 4.73. The van der Waals surface area contributed by atoms with Crippen LogP contribution in [0.1, 0.15) is 37.9 Å². The van der Waals surface area contributed by atoms with E-state index in [1.165, 1.54) is 18.4 Å². The van der Waals surface area contributed by atoms with E-state index in [1.54, 1.807) is 6.26 Å². The van der Waals surface area contributed by atoms with Gasteiger partial charge in [0, 0.05) is 6.54 Å². The number of hydrogen-bond donors (Lipinski definition) is 1. The van der Waals surface area contributed by atoms with Crippen molar-refractivity contribution in [2.75, 3.05) is 6.54 Å². The average molecular weight is 274 g/mol. The minimum absolute atomic E-state index is 0.291. The molecule has 4 nitrogen and oxygen atoms in total. The van der Waals surface area contributed by atoms with Crippen LogP contribution in [0.25, 0.3) is 0 Å². The molecule has 0 amide bonds. The number of aromatic nitrogens is 1. The Morgan fingerprint density at radius 1 is 1.20 bits per heavy atom. The summed E-state index contributed by atoms with van der Waals surface area (Å²) in [6.45, 7) is 5.85. The first-order valence-corrected chi connectivity index (χ1v) is 7.23. The van der Waals surface area contributed by atoms with Crippen LogP contribution >= 0.6 is 0 Å². The molecule has 20 heavy (non-hydrogen) atoms. The molecule has 0 unspecified atom stereocenters. The molecule has 0 fully saturated rings. The minimum atomic E-state index is 0.291. The van der Waals surface area contributed by atoms with Crippen molar-refractivity contribution < 1.29 is 9.15 Å². The van der Waals surface area contributed by atoms with Crippen LogP contribution in [0.4, 0.5) is 0 Å². The Hall–Kier alpha value is -1.81. The molecule has 2 rings (SSSR count). The lowest BCUT2D eigenvalue weighted by molar-refractivity contribution is 0.330. The predicted molar refractivity (Wildman–Crippen MR) is 79.0 cm³/mol. The third-order valence-electron chi connectivity index (χ3n) is 3.03. The highest BCUT2D eigenvalue weighted by Crippen LogP contribution is 2.21. The lowest BCUT2D eigenvalue weighted by Crippen LogP contribution is -2.11. The number of nitrogens with zero attached hydrogens (tertiary/aromatic N) is 1. The standard InChI is InChI=1S/C16H22N2O2/c1-3-5-6-13-7-9-15(10-8-13)20-16-18-14(12-19-16)11-17-4-2/h7-10,12,17H,3-6,11H2,1-2H3. The van der Waals surface area contributed by atoms with Crippen molar-refractivity contribution in [2.24, 2.45) is 0 Å². The molecule has 108 valence electrons. The molecule has 0 saturated heterocycles. The molecular formula is C16H22N2O2. The van der Waals surface area contributed by atoms with E-state index in [0.29, 0.717) is 12.6 Å². The second-order valence-electron chi connectivity index (χ2n) is 4.73. The fraction of sp³-hybridized carbons (Fsp3) is 0.438. The van der Waals surface area contributed by atoms with Gasteiger partial charge in [-0.2, -0.15) is 4.98 Å². The zero-order chi connectivity index (χ0) is 14.2. The third-order valence-corrected chi connectivity index (χ3v) is 3.03. The number of rotatable bonds is 8. The highest BCUT2D eigenvalue weighted by atomic mass is 16.6. The quantitative estimate of drug-likeness (QED) is 0.792. The molecule has 0 aliphatic rings. The molecule has 0 radical (unpaired) electrons.